The molecule has 8 heteroatoms. The molecule has 0 aromatic rings. The van der Waals surface area contributed by atoms with Gasteiger partial charge in [-0.2, -0.15) is 0 Å². The van der Waals surface area contributed by atoms with Gasteiger partial charge in [0.05, 0.1) is 0 Å². The zero-order valence-corrected chi connectivity index (χ0v) is 10.2. The van der Waals surface area contributed by atoms with E-state index in [9.17, 15) is 3.80 Å². The third-order valence-corrected chi connectivity index (χ3v) is 0.433. The van der Waals surface area contributed by atoms with E-state index in [2.05, 4.69) is 3.79 Å². The molecule has 40 valence electrons. The van der Waals surface area contributed by atoms with Crippen LogP contribution in [0.15, 0.2) is 0 Å². The summed E-state index contributed by atoms with van der Waals surface area (Å²) in [6, 6.07) is 0. The van der Waals surface area contributed by atoms with Crippen molar-refractivity contribution in [2.75, 3.05) is 0 Å². The summed E-state index contributed by atoms with van der Waals surface area (Å²) in [5.41, 5.74) is 0. The first-order valence-electron chi connectivity index (χ1n) is 1.08. The summed E-state index contributed by atoms with van der Waals surface area (Å²) in [6.07, 6.45) is -1.74. The van der Waals surface area contributed by atoms with Crippen LogP contribution >= 0.6 is 0 Å². The van der Waals surface area contributed by atoms with E-state index < -0.39 is 21.6 Å². The Bertz CT molecular complexity index is 77.4. The van der Waals surface area contributed by atoms with E-state index >= 15 is 0 Å². The van der Waals surface area contributed by atoms with Gasteiger partial charge >= 0.3 is 106 Å². The predicted octanol–water partition coefficient (Wildman–Crippen LogP) is -5.24. The normalized spacial score (nSPS) is 4.00. The maximum atomic E-state index is 9.18. The molecule has 0 aliphatic carbocycles. The third-order valence-electron chi connectivity index (χ3n) is 0.144. The number of carboxylic acid groups (broad SMARTS) is 1. The average Bonchev–Trinajstić information content (AvgIpc) is 1.35. The van der Waals surface area contributed by atoms with Crippen molar-refractivity contribution in [1.29, 1.82) is 0 Å². The van der Waals surface area contributed by atoms with Crippen LogP contribution in [0.5, 0.6) is 0 Å². The van der Waals surface area contributed by atoms with Crippen LogP contribution in [0.1, 0.15) is 0 Å². The van der Waals surface area contributed by atoms with Crippen molar-refractivity contribution in [2.24, 2.45) is 0 Å². The molecule has 5 nitrogen and oxygen atoms in total. The van der Waals surface area contributed by atoms with Crippen LogP contribution in [0, 0.1) is 0 Å². The van der Waals surface area contributed by atoms with Gasteiger partial charge in [0, 0.05) is 0 Å². The molecule has 0 heterocycles. The van der Waals surface area contributed by atoms with E-state index in [1.807, 2.05) is 0 Å². The molecule has 0 radical (unpaired) electrons. The molecular weight excluding hydrogens is 182 g/mol. The second kappa shape index (κ2) is 16.4. The van der Waals surface area contributed by atoms with Crippen LogP contribution in [0.25, 0.3) is 0 Å². The quantitative estimate of drug-likeness (QED) is 0.378. The molecule has 0 amide bonds. The fourth-order valence-electron chi connectivity index (χ4n) is 0.0393. The number of carbonyl (C=O) groups is 1. The SMILES string of the molecule is [Ca+2].[Na+].[OH-].[O]=[Al][O]C(=O)[O-]. The first-order chi connectivity index (χ1) is 2.77. The molecular formula is CHAlCaNaO5+. The standard InChI is InChI=1S/CH2O3.Al.Ca.Na.H2O.O/c2-1(3)4;;;;;/h(H2,2,3,4);;;;1H2;/q;+1;+2;+1;;/p-3. The summed E-state index contributed by atoms with van der Waals surface area (Å²) in [4.78, 5) is 9.09. The molecule has 0 aromatic heterocycles. The van der Waals surface area contributed by atoms with Crippen molar-refractivity contribution < 1.29 is 52.5 Å². The summed E-state index contributed by atoms with van der Waals surface area (Å²) in [6.45, 7) is 0. The summed E-state index contributed by atoms with van der Waals surface area (Å²) in [5.74, 6) is 0. The van der Waals surface area contributed by atoms with Gasteiger partial charge in [-0.25, -0.2) is 0 Å². The third kappa shape index (κ3) is 25.8. The summed E-state index contributed by atoms with van der Waals surface area (Å²) < 4.78 is 12.6. The van der Waals surface area contributed by atoms with Gasteiger partial charge in [-0.05, 0) is 0 Å². The molecule has 0 aliphatic rings. The van der Waals surface area contributed by atoms with Gasteiger partial charge in [-0.1, -0.05) is 0 Å². The van der Waals surface area contributed by atoms with Gasteiger partial charge in [0.25, 0.3) is 0 Å². The van der Waals surface area contributed by atoms with Gasteiger partial charge in [0.1, 0.15) is 0 Å². The van der Waals surface area contributed by atoms with Gasteiger partial charge in [0.2, 0.25) is 0 Å². The van der Waals surface area contributed by atoms with Gasteiger partial charge in [0.15, 0.2) is 0 Å². The van der Waals surface area contributed by atoms with Crippen molar-refractivity contribution in [3.8, 4) is 0 Å². The summed E-state index contributed by atoms with van der Waals surface area (Å²) in [5, 5.41) is 9.09. The number of hydrogen-bond donors (Lipinski definition) is 0. The van der Waals surface area contributed by atoms with E-state index in [0.29, 0.717) is 0 Å². The Morgan fingerprint density at radius 1 is 1.56 bits per heavy atom. The molecule has 0 saturated heterocycles. The summed E-state index contributed by atoms with van der Waals surface area (Å²) in [7, 11) is 0. The van der Waals surface area contributed by atoms with E-state index in [4.69, 9.17) is 9.90 Å². The van der Waals surface area contributed by atoms with Crippen LogP contribution in [-0.4, -0.2) is 64.9 Å². The Hall–Kier alpha value is 1.82. The Balaban J connectivity index is -0.0000000417. The fraction of sp³-hybridized carbons (Fsp3) is 0. The molecule has 0 bridgehead atoms. The van der Waals surface area contributed by atoms with Gasteiger partial charge in [-0.3, -0.25) is 0 Å². The predicted molar refractivity (Wildman–Crippen MR) is 20.6 cm³/mol. The molecule has 0 rings (SSSR count). The second-order valence-corrected chi connectivity index (χ2v) is 0.892. The Morgan fingerprint density at radius 3 is 1.89 bits per heavy atom. The van der Waals surface area contributed by atoms with E-state index in [0.717, 1.165) is 0 Å². The Morgan fingerprint density at radius 2 is 1.89 bits per heavy atom. The number of rotatable bonds is 1. The number of carbonyl (C=O) groups excluding carboxylic acids is 1. The van der Waals surface area contributed by atoms with Crippen LogP contribution in [0.3, 0.4) is 0 Å². The molecule has 0 aliphatic heterocycles. The zero-order chi connectivity index (χ0) is 4.99. The van der Waals surface area contributed by atoms with Crippen molar-refractivity contribution >= 4 is 59.4 Å². The molecule has 9 heavy (non-hydrogen) atoms. The minimum atomic E-state index is -1.74. The van der Waals surface area contributed by atoms with Crippen LogP contribution < -0.4 is 34.7 Å². The fourth-order valence-corrected chi connectivity index (χ4v) is 0.118. The average molecular weight is 183 g/mol. The zero-order valence-electron chi connectivity index (χ0n) is 4.86. The van der Waals surface area contributed by atoms with Crippen molar-refractivity contribution in [2.45, 2.75) is 0 Å². The maximum absolute atomic E-state index is 9.18. The molecule has 0 atom stereocenters. The van der Waals surface area contributed by atoms with E-state index in [1.54, 1.807) is 0 Å². The molecule has 0 fully saturated rings. The van der Waals surface area contributed by atoms with Crippen molar-refractivity contribution in [3.63, 3.8) is 0 Å². The van der Waals surface area contributed by atoms with Crippen LogP contribution in [0.4, 0.5) is 4.79 Å². The van der Waals surface area contributed by atoms with Crippen molar-refractivity contribution in [3.05, 3.63) is 0 Å². The van der Waals surface area contributed by atoms with Crippen molar-refractivity contribution in [1.82, 2.24) is 0 Å². The second-order valence-electron chi connectivity index (χ2n) is 0.464. The Kier molecular flexibility index (Phi) is 40.9. The van der Waals surface area contributed by atoms with Crippen LogP contribution in [-0.2, 0) is 7.59 Å². The molecule has 0 aromatic carbocycles. The van der Waals surface area contributed by atoms with Crippen LogP contribution in [0.2, 0.25) is 0 Å². The first kappa shape index (κ1) is 22.4. The summed E-state index contributed by atoms with van der Waals surface area (Å²) >= 11 is -1.66. The molecule has 0 unspecified atom stereocenters. The van der Waals surface area contributed by atoms with E-state index in [-0.39, 0.29) is 72.8 Å². The minimum absolute atomic E-state index is 0. The first-order valence-corrected chi connectivity index (χ1v) is 2.03. The van der Waals surface area contributed by atoms with E-state index in [1.165, 1.54) is 0 Å². The Labute approximate surface area is 110 Å². The van der Waals surface area contributed by atoms with Gasteiger partial charge < -0.3 is 5.48 Å². The number of hydrogen-bond acceptors (Lipinski definition) is 5. The topological polar surface area (TPSA) is 96.4 Å². The monoisotopic (exact) mass is 183 g/mol. The molecule has 0 spiro atoms. The molecule has 0 saturated carbocycles. The van der Waals surface area contributed by atoms with Gasteiger partial charge in [-0.15, -0.1) is 0 Å². The molecule has 1 N–H and O–H groups in total.